The van der Waals surface area contributed by atoms with Crippen LogP contribution in [0.1, 0.15) is 48.3 Å². The maximum absolute atomic E-state index is 14.1. The van der Waals surface area contributed by atoms with E-state index in [1.165, 1.54) is 21.2 Å². The van der Waals surface area contributed by atoms with E-state index in [4.69, 9.17) is 0 Å². The summed E-state index contributed by atoms with van der Waals surface area (Å²) in [7, 11) is 0. The molecule has 1 N–H and O–H groups in total. The lowest BCUT2D eigenvalue weighted by Gasteiger charge is -2.31. The van der Waals surface area contributed by atoms with Gasteiger partial charge in [-0.05, 0) is 59.4 Å². The summed E-state index contributed by atoms with van der Waals surface area (Å²) in [6.45, 7) is 8.11. The lowest BCUT2D eigenvalue weighted by atomic mass is 9.81. The summed E-state index contributed by atoms with van der Waals surface area (Å²) >= 11 is 5.69. The molecular weight excluding hydrogens is 646 g/mol. The molecule has 3 heterocycles. The number of imide groups is 1. The molecule has 10 heteroatoms. The van der Waals surface area contributed by atoms with E-state index >= 15 is 0 Å². The zero-order valence-corrected chi connectivity index (χ0v) is 27.3. The normalized spacial score (nSPS) is 19.7. The van der Waals surface area contributed by atoms with Crippen LogP contribution >= 0.6 is 39.0 Å². The summed E-state index contributed by atoms with van der Waals surface area (Å²) in [6.07, 6.45) is 0. The van der Waals surface area contributed by atoms with Gasteiger partial charge in [0, 0.05) is 21.0 Å². The van der Waals surface area contributed by atoms with E-state index in [1.807, 2.05) is 43.3 Å². The number of fused-ring (bicyclic) bond motifs is 2. The first-order valence-corrected chi connectivity index (χ1v) is 16.4. The van der Waals surface area contributed by atoms with Crippen molar-refractivity contribution < 1.29 is 14.4 Å². The maximum Gasteiger partial charge on any atom is 0.308 e. The molecule has 0 aliphatic carbocycles. The van der Waals surface area contributed by atoms with Crippen LogP contribution < -0.4 is 15.1 Å². The Labute approximate surface area is 266 Å². The van der Waals surface area contributed by atoms with E-state index in [0.29, 0.717) is 21.3 Å². The number of amides is 3. The highest BCUT2D eigenvalue weighted by Gasteiger charge is 2.56. The lowest BCUT2D eigenvalue weighted by Crippen LogP contribution is -2.33. The summed E-state index contributed by atoms with van der Waals surface area (Å²) < 4.78 is 2.29. The first-order chi connectivity index (χ1) is 20.4. The number of aromatic nitrogens is 1. The topological polar surface area (TPSA) is 88.5 Å². The minimum atomic E-state index is -0.740. The molecule has 0 spiro atoms. The molecule has 43 heavy (non-hydrogen) atoms. The third-order valence-corrected chi connectivity index (χ3v) is 11.1. The largest absolute Gasteiger partial charge is 0.324 e. The van der Waals surface area contributed by atoms with Crippen LogP contribution in [0.25, 0.3) is 0 Å². The van der Waals surface area contributed by atoms with Gasteiger partial charge in [0.1, 0.15) is 11.8 Å². The molecule has 2 aliphatic heterocycles. The van der Waals surface area contributed by atoms with Crippen LogP contribution in [-0.2, 0) is 26.3 Å². The van der Waals surface area contributed by atoms with Gasteiger partial charge in [-0.3, -0.25) is 23.7 Å². The van der Waals surface area contributed by atoms with Crippen molar-refractivity contribution in [2.75, 3.05) is 10.2 Å². The highest BCUT2D eigenvalue weighted by atomic mass is 79.9. The number of anilines is 2. The molecule has 1 saturated heterocycles. The molecule has 0 bridgehead atoms. The molecule has 3 atom stereocenters. The lowest BCUT2D eigenvalue weighted by molar-refractivity contribution is -0.122. The van der Waals surface area contributed by atoms with Crippen LogP contribution in [0.15, 0.2) is 87.1 Å². The molecule has 1 fully saturated rings. The van der Waals surface area contributed by atoms with E-state index in [0.717, 1.165) is 32.5 Å². The van der Waals surface area contributed by atoms with Crippen molar-refractivity contribution in [2.45, 2.75) is 55.8 Å². The van der Waals surface area contributed by atoms with Gasteiger partial charge < -0.3 is 5.32 Å². The summed E-state index contributed by atoms with van der Waals surface area (Å²) in [5.74, 6) is -2.15. The number of thioether (sulfide) groups is 1. The highest BCUT2D eigenvalue weighted by Crippen LogP contribution is 2.54. The number of para-hydroxylation sites is 1. The smallest absolute Gasteiger partial charge is 0.308 e. The predicted octanol–water partition coefficient (Wildman–Crippen LogP) is 6.71. The molecule has 0 radical (unpaired) electrons. The van der Waals surface area contributed by atoms with E-state index in [1.54, 1.807) is 24.3 Å². The zero-order valence-electron chi connectivity index (χ0n) is 24.1. The van der Waals surface area contributed by atoms with E-state index < -0.39 is 17.1 Å². The van der Waals surface area contributed by atoms with Gasteiger partial charge in [0.15, 0.2) is 0 Å². The Morgan fingerprint density at radius 1 is 0.930 bits per heavy atom. The van der Waals surface area contributed by atoms with Gasteiger partial charge in [-0.15, -0.1) is 0 Å². The molecule has 0 saturated carbocycles. The van der Waals surface area contributed by atoms with Gasteiger partial charge in [0.2, 0.25) is 17.7 Å². The van der Waals surface area contributed by atoms with Crippen LogP contribution in [0.2, 0.25) is 0 Å². The van der Waals surface area contributed by atoms with E-state index in [-0.39, 0.29) is 34.6 Å². The number of nitrogens with zero attached hydrogens (tertiary/aromatic N) is 2. The standard InChI is InChI=1S/C33H30BrN3O4S2/c1-18-7-5-6-8-23(18)35-24(38)17-36-31-28(43-32(36)41)25(19-9-11-20(12-10-19)33(2,3)4)26-27(42-31)30(40)37(29(26)39)22-15-13-21(34)14-16-22/h5-16,25-27H,17H2,1-4H3,(H,35,38)/t25-,26?,27?/m1/s1. The number of benzene rings is 3. The second-order valence-electron chi connectivity index (χ2n) is 11.9. The number of hydrogen-bond acceptors (Lipinski definition) is 6. The molecule has 220 valence electrons. The Kier molecular flexibility index (Phi) is 7.73. The van der Waals surface area contributed by atoms with Gasteiger partial charge in [0.05, 0.1) is 16.6 Å². The number of aryl methyl sites for hydroxylation is 1. The van der Waals surface area contributed by atoms with Gasteiger partial charge in [0.25, 0.3) is 0 Å². The van der Waals surface area contributed by atoms with E-state index in [2.05, 4.69) is 54.2 Å². The molecule has 7 nitrogen and oxygen atoms in total. The second-order valence-corrected chi connectivity index (χ2v) is 14.9. The van der Waals surface area contributed by atoms with Crippen molar-refractivity contribution >= 4 is 68.1 Å². The quantitative estimate of drug-likeness (QED) is 0.238. The number of nitrogens with one attached hydrogen (secondary N) is 1. The second kappa shape index (κ2) is 11.2. The molecule has 3 aromatic carbocycles. The molecule has 4 aromatic rings. The molecule has 2 aliphatic rings. The summed E-state index contributed by atoms with van der Waals surface area (Å²) in [6, 6.07) is 22.6. The molecular formula is C33H30BrN3O4S2. The van der Waals surface area contributed by atoms with Crippen LogP contribution in [0.5, 0.6) is 0 Å². The molecule has 2 unspecified atom stereocenters. The van der Waals surface area contributed by atoms with Crippen molar-refractivity contribution in [3.8, 4) is 0 Å². The Bertz CT molecular complexity index is 1810. The number of hydrogen-bond donors (Lipinski definition) is 1. The third-order valence-electron chi connectivity index (χ3n) is 7.99. The average Bonchev–Trinajstić information content (AvgIpc) is 3.40. The number of rotatable bonds is 5. The van der Waals surface area contributed by atoms with Crippen molar-refractivity contribution in [1.29, 1.82) is 0 Å². The van der Waals surface area contributed by atoms with Crippen molar-refractivity contribution in [1.82, 2.24) is 4.57 Å². The fourth-order valence-corrected chi connectivity index (χ4v) is 8.73. The first-order valence-electron chi connectivity index (χ1n) is 13.9. The average molecular weight is 677 g/mol. The summed E-state index contributed by atoms with van der Waals surface area (Å²) in [5, 5.41) is 2.73. The summed E-state index contributed by atoms with van der Waals surface area (Å²) in [4.78, 5) is 56.3. The molecule has 6 rings (SSSR count). The predicted molar refractivity (Wildman–Crippen MR) is 175 cm³/mol. The fraction of sp³-hybridized carbons (Fsp3) is 0.273. The highest BCUT2D eigenvalue weighted by molar-refractivity contribution is 9.10. The minimum Gasteiger partial charge on any atom is -0.324 e. The SMILES string of the molecule is Cc1ccccc1NC(=O)Cn1c2c(sc1=O)[C@H](c1ccc(C(C)(C)C)cc1)C1C(=O)N(c3ccc(Br)cc3)C(=O)C1S2. The number of thiazole rings is 1. The van der Waals surface area contributed by atoms with Gasteiger partial charge in [-0.2, -0.15) is 0 Å². The Morgan fingerprint density at radius 3 is 2.26 bits per heavy atom. The monoisotopic (exact) mass is 675 g/mol. The van der Waals surface area contributed by atoms with Crippen LogP contribution in [0, 0.1) is 12.8 Å². The summed E-state index contributed by atoms with van der Waals surface area (Å²) in [5.41, 5.74) is 4.03. The number of halogens is 1. The van der Waals surface area contributed by atoms with Crippen LogP contribution in [0.3, 0.4) is 0 Å². The van der Waals surface area contributed by atoms with E-state index in [9.17, 15) is 19.2 Å². The van der Waals surface area contributed by atoms with Gasteiger partial charge in [-0.25, -0.2) is 4.90 Å². The van der Waals surface area contributed by atoms with Gasteiger partial charge >= 0.3 is 4.87 Å². The minimum absolute atomic E-state index is 0.0647. The Balaban J connectivity index is 1.42. The Hall–Kier alpha value is -3.47. The Morgan fingerprint density at radius 2 is 1.60 bits per heavy atom. The van der Waals surface area contributed by atoms with Crippen molar-refractivity contribution in [3.05, 3.63) is 109 Å². The zero-order chi connectivity index (χ0) is 30.6. The van der Waals surface area contributed by atoms with Crippen molar-refractivity contribution in [3.63, 3.8) is 0 Å². The van der Waals surface area contributed by atoms with Crippen LogP contribution in [0.4, 0.5) is 11.4 Å². The molecule has 3 amide bonds. The maximum atomic E-state index is 14.1. The molecule has 1 aromatic heterocycles. The first kappa shape index (κ1) is 29.6. The van der Waals surface area contributed by atoms with Crippen LogP contribution in [-0.4, -0.2) is 27.5 Å². The number of carbonyl (C=O) groups is 3. The van der Waals surface area contributed by atoms with Crippen molar-refractivity contribution in [2.24, 2.45) is 5.92 Å². The fourth-order valence-electron chi connectivity index (χ4n) is 5.70. The van der Waals surface area contributed by atoms with Gasteiger partial charge in [-0.1, -0.05) is 102 Å². The third kappa shape index (κ3) is 5.41. The number of carbonyl (C=O) groups excluding carboxylic acids is 3.